The number of ketones is 1. The van der Waals surface area contributed by atoms with E-state index in [1.54, 1.807) is 0 Å². The summed E-state index contributed by atoms with van der Waals surface area (Å²) in [5.41, 5.74) is -0.521. The third kappa shape index (κ3) is 2.47. The highest BCUT2D eigenvalue weighted by Gasteiger charge is 2.38. The monoisotopic (exact) mass is 182 g/mol. The van der Waals surface area contributed by atoms with Gasteiger partial charge in [0.1, 0.15) is 5.60 Å². The van der Waals surface area contributed by atoms with Gasteiger partial charge < -0.3 is 4.74 Å². The van der Waals surface area contributed by atoms with E-state index in [0.717, 1.165) is 25.7 Å². The first kappa shape index (κ1) is 10.1. The van der Waals surface area contributed by atoms with E-state index in [-0.39, 0.29) is 12.2 Å². The topological polar surface area (TPSA) is 43.4 Å². The molecule has 0 saturated heterocycles. The predicted octanol–water partition coefficient (Wildman–Crippen LogP) is 1.47. The van der Waals surface area contributed by atoms with Gasteiger partial charge in [-0.3, -0.25) is 4.79 Å². The number of carbonyl (C=O) groups is 2. The van der Waals surface area contributed by atoms with Crippen LogP contribution in [0.4, 0.5) is 0 Å². The summed E-state index contributed by atoms with van der Waals surface area (Å²) >= 11 is 0. The summed E-state index contributed by atoms with van der Waals surface area (Å²) in [6.45, 7) is 3.85. The average molecular weight is 182 g/mol. The molecule has 1 rings (SSSR count). The fourth-order valence-corrected chi connectivity index (χ4v) is 1.85. The molecular formula is C10H14O3. The van der Waals surface area contributed by atoms with Crippen LogP contribution in [-0.4, -0.2) is 17.9 Å². The van der Waals surface area contributed by atoms with Crippen molar-refractivity contribution < 1.29 is 14.3 Å². The first-order valence-electron chi connectivity index (χ1n) is 4.49. The van der Waals surface area contributed by atoms with Gasteiger partial charge in [-0.2, -0.15) is 0 Å². The van der Waals surface area contributed by atoms with Crippen LogP contribution in [0.15, 0.2) is 0 Å². The summed E-state index contributed by atoms with van der Waals surface area (Å²) in [7, 11) is 0. The second-order valence-corrected chi connectivity index (χ2v) is 3.45. The Morgan fingerprint density at radius 3 is 2.62 bits per heavy atom. The van der Waals surface area contributed by atoms with Crippen LogP contribution in [-0.2, 0) is 14.3 Å². The lowest BCUT2D eigenvalue weighted by Gasteiger charge is -2.24. The molecule has 0 atom stereocenters. The molecule has 0 aromatic rings. The molecule has 0 unspecified atom stereocenters. The Hall–Kier alpha value is -0.990. The van der Waals surface area contributed by atoms with Crippen molar-refractivity contribution in [3.8, 4) is 0 Å². The molecule has 0 aromatic heterocycles. The zero-order chi connectivity index (χ0) is 9.73. The SMILES string of the molecule is [CH2-][CH+]C(=O)CC1(OC=O)CCCC1. The molecular weight excluding hydrogens is 168 g/mol. The highest BCUT2D eigenvalue weighted by molar-refractivity contribution is 5.88. The molecule has 1 fully saturated rings. The van der Waals surface area contributed by atoms with Gasteiger partial charge in [-0.15, -0.1) is 6.92 Å². The molecule has 1 aliphatic rings. The Kier molecular flexibility index (Phi) is 3.34. The van der Waals surface area contributed by atoms with Crippen LogP contribution in [0, 0.1) is 13.3 Å². The number of rotatable bonds is 5. The summed E-state index contributed by atoms with van der Waals surface area (Å²) < 4.78 is 5.01. The Bertz CT molecular complexity index is 192. The molecule has 1 aliphatic carbocycles. The van der Waals surface area contributed by atoms with Crippen molar-refractivity contribution in [3.63, 3.8) is 0 Å². The van der Waals surface area contributed by atoms with Crippen molar-refractivity contribution in [2.24, 2.45) is 0 Å². The fourth-order valence-electron chi connectivity index (χ4n) is 1.85. The van der Waals surface area contributed by atoms with Gasteiger partial charge in [-0.1, -0.05) is 0 Å². The van der Waals surface area contributed by atoms with E-state index >= 15 is 0 Å². The van der Waals surface area contributed by atoms with Crippen LogP contribution < -0.4 is 0 Å². The zero-order valence-corrected chi connectivity index (χ0v) is 7.62. The molecule has 0 bridgehead atoms. The summed E-state index contributed by atoms with van der Waals surface area (Å²) in [6.07, 6.45) is 5.22. The average Bonchev–Trinajstić information content (AvgIpc) is 2.54. The summed E-state index contributed by atoms with van der Waals surface area (Å²) in [5.74, 6) is -0.0521. The zero-order valence-electron chi connectivity index (χ0n) is 7.62. The lowest BCUT2D eigenvalue weighted by Crippen LogP contribution is -2.31. The summed E-state index contributed by atoms with van der Waals surface area (Å²) in [4.78, 5) is 21.4. The lowest BCUT2D eigenvalue weighted by atomic mass is 9.94. The molecule has 13 heavy (non-hydrogen) atoms. The largest absolute Gasteiger partial charge is 0.461 e. The Morgan fingerprint density at radius 1 is 1.54 bits per heavy atom. The van der Waals surface area contributed by atoms with E-state index in [9.17, 15) is 9.59 Å². The van der Waals surface area contributed by atoms with Crippen molar-refractivity contribution in [3.05, 3.63) is 13.3 Å². The highest BCUT2D eigenvalue weighted by atomic mass is 16.5. The Morgan fingerprint density at radius 2 is 2.15 bits per heavy atom. The van der Waals surface area contributed by atoms with E-state index in [1.807, 2.05) is 0 Å². The molecule has 3 nitrogen and oxygen atoms in total. The van der Waals surface area contributed by atoms with Crippen LogP contribution in [0.1, 0.15) is 32.1 Å². The first-order chi connectivity index (χ1) is 6.22. The number of hydrogen-bond donors (Lipinski definition) is 0. The van der Waals surface area contributed by atoms with Gasteiger partial charge in [0.15, 0.2) is 0 Å². The molecule has 0 heterocycles. The molecule has 0 spiro atoms. The van der Waals surface area contributed by atoms with Gasteiger partial charge in [-0.25, -0.2) is 4.79 Å². The maximum absolute atomic E-state index is 11.1. The molecule has 72 valence electrons. The number of hydrogen-bond acceptors (Lipinski definition) is 3. The van der Waals surface area contributed by atoms with E-state index in [2.05, 4.69) is 6.92 Å². The lowest BCUT2D eigenvalue weighted by molar-refractivity contribution is -0.145. The summed E-state index contributed by atoms with van der Waals surface area (Å²) in [6, 6.07) is 0. The van der Waals surface area contributed by atoms with E-state index in [1.165, 1.54) is 6.42 Å². The van der Waals surface area contributed by atoms with Crippen molar-refractivity contribution in [2.75, 3.05) is 0 Å². The predicted molar refractivity (Wildman–Crippen MR) is 47.6 cm³/mol. The molecule has 1 saturated carbocycles. The van der Waals surface area contributed by atoms with Crippen LogP contribution in [0.3, 0.4) is 0 Å². The second kappa shape index (κ2) is 4.30. The van der Waals surface area contributed by atoms with Crippen molar-refractivity contribution in [1.82, 2.24) is 0 Å². The minimum atomic E-state index is -0.521. The van der Waals surface area contributed by atoms with Gasteiger partial charge in [-0.05, 0) is 32.1 Å². The molecule has 0 aromatic carbocycles. The van der Waals surface area contributed by atoms with Crippen LogP contribution in [0.25, 0.3) is 0 Å². The van der Waals surface area contributed by atoms with Gasteiger partial charge in [0.2, 0.25) is 0 Å². The number of ether oxygens (including phenoxy) is 1. The van der Waals surface area contributed by atoms with Crippen LogP contribution >= 0.6 is 0 Å². The summed E-state index contributed by atoms with van der Waals surface area (Å²) in [5, 5.41) is 0. The standard InChI is InChI=1S/C10H14O3/c1-2-9(12)7-10(13-8-11)5-3-4-6-10/h2,8H,1,3-7H2. The minimum Gasteiger partial charge on any atom is -0.461 e. The van der Waals surface area contributed by atoms with Crippen molar-refractivity contribution >= 4 is 12.3 Å². The number of carbonyl (C=O) groups excluding carboxylic acids is 2. The second-order valence-electron chi connectivity index (χ2n) is 3.45. The Labute approximate surface area is 78.5 Å². The third-order valence-corrected chi connectivity index (χ3v) is 2.54. The maximum Gasteiger partial charge on any atom is 0.293 e. The van der Waals surface area contributed by atoms with Gasteiger partial charge in [0, 0.05) is 0 Å². The third-order valence-electron chi connectivity index (χ3n) is 2.54. The molecule has 0 aliphatic heterocycles. The van der Waals surface area contributed by atoms with Gasteiger partial charge >= 0.3 is 0 Å². The van der Waals surface area contributed by atoms with Gasteiger partial charge in [0.25, 0.3) is 12.3 Å². The van der Waals surface area contributed by atoms with Crippen LogP contribution in [0.5, 0.6) is 0 Å². The minimum absolute atomic E-state index is 0.0521. The number of Topliss-reactive ketones (excluding diaryl/α,β-unsaturated/α-hetero) is 1. The molecule has 3 heteroatoms. The van der Waals surface area contributed by atoms with Crippen molar-refractivity contribution in [1.29, 1.82) is 0 Å². The molecule has 0 radical (unpaired) electrons. The van der Waals surface area contributed by atoms with E-state index in [0.29, 0.717) is 6.47 Å². The van der Waals surface area contributed by atoms with Gasteiger partial charge in [0.05, 0.1) is 6.42 Å². The van der Waals surface area contributed by atoms with E-state index < -0.39 is 5.60 Å². The van der Waals surface area contributed by atoms with Crippen LogP contribution in [0.2, 0.25) is 0 Å². The fraction of sp³-hybridized carbons (Fsp3) is 0.600. The normalized spacial score (nSPS) is 19.5. The smallest absolute Gasteiger partial charge is 0.293 e. The van der Waals surface area contributed by atoms with E-state index in [4.69, 9.17) is 4.74 Å². The maximum atomic E-state index is 11.1. The quantitative estimate of drug-likeness (QED) is 0.477. The highest BCUT2D eigenvalue weighted by Crippen LogP contribution is 2.35. The van der Waals surface area contributed by atoms with Crippen molar-refractivity contribution in [2.45, 2.75) is 37.7 Å². The Balaban J connectivity index is 2.55. The molecule has 0 amide bonds. The first-order valence-corrected chi connectivity index (χ1v) is 4.49. The molecule has 0 N–H and O–H groups in total.